The summed E-state index contributed by atoms with van der Waals surface area (Å²) < 4.78 is 6.02. The van der Waals surface area contributed by atoms with Gasteiger partial charge in [-0.25, -0.2) is 4.99 Å². The molecule has 0 radical (unpaired) electrons. The molecule has 1 heterocycles. The van der Waals surface area contributed by atoms with Crippen LogP contribution in [0.1, 0.15) is 57.8 Å². The second-order valence-electron chi connectivity index (χ2n) is 7.80. The molecule has 0 aromatic carbocycles. The molecule has 3 fully saturated rings. The zero-order valence-corrected chi connectivity index (χ0v) is 17.9. The maximum Gasteiger partial charge on any atom is 0.243 e. The Balaban J connectivity index is 0.00000225. The lowest BCUT2D eigenvalue weighted by Crippen LogP contribution is -2.55. The standard InChI is InChI=1S/C18H32N4O2.HI/c1-22(2)16(23)13-19-17(20-14-6-3-4-7-14)21-15-8-11-24-18(12-15)9-5-10-18;/h14-15H,3-13H2,1-2H3,(H2,19,20,21);1H. The van der Waals surface area contributed by atoms with Crippen molar-refractivity contribution in [3.05, 3.63) is 0 Å². The van der Waals surface area contributed by atoms with Gasteiger partial charge in [0.2, 0.25) is 5.91 Å². The van der Waals surface area contributed by atoms with Crippen molar-refractivity contribution in [3.63, 3.8) is 0 Å². The molecule has 6 nitrogen and oxygen atoms in total. The van der Waals surface area contributed by atoms with E-state index in [4.69, 9.17) is 4.74 Å². The van der Waals surface area contributed by atoms with Crippen molar-refractivity contribution in [1.82, 2.24) is 15.5 Å². The molecule has 2 saturated carbocycles. The summed E-state index contributed by atoms with van der Waals surface area (Å²) in [7, 11) is 3.54. The largest absolute Gasteiger partial charge is 0.375 e. The minimum atomic E-state index is 0. The molecular formula is C18H33IN4O2. The lowest BCUT2D eigenvalue weighted by Gasteiger charge is -2.47. The topological polar surface area (TPSA) is 66.0 Å². The molecule has 0 bridgehead atoms. The molecule has 1 spiro atoms. The number of hydrogen-bond donors (Lipinski definition) is 2. The average molecular weight is 464 g/mol. The number of amides is 1. The first-order chi connectivity index (χ1) is 11.6. The van der Waals surface area contributed by atoms with Crippen LogP contribution in [-0.2, 0) is 9.53 Å². The molecule has 1 amide bonds. The summed E-state index contributed by atoms with van der Waals surface area (Å²) in [5.74, 6) is 0.837. The molecule has 0 aromatic rings. The molecule has 1 atom stereocenters. The van der Waals surface area contributed by atoms with Crippen LogP contribution in [0.15, 0.2) is 4.99 Å². The Kier molecular flexibility index (Phi) is 7.79. The molecule has 7 heteroatoms. The van der Waals surface area contributed by atoms with E-state index >= 15 is 0 Å². The van der Waals surface area contributed by atoms with Crippen molar-refractivity contribution in [1.29, 1.82) is 0 Å². The summed E-state index contributed by atoms with van der Waals surface area (Å²) in [6.45, 7) is 1.02. The van der Waals surface area contributed by atoms with Gasteiger partial charge in [0.25, 0.3) is 0 Å². The maximum absolute atomic E-state index is 11.9. The number of likely N-dealkylation sites (N-methyl/N-ethyl adjacent to an activating group) is 1. The van der Waals surface area contributed by atoms with Gasteiger partial charge in [-0.15, -0.1) is 24.0 Å². The normalized spacial score (nSPS) is 25.8. The van der Waals surface area contributed by atoms with Crippen molar-refractivity contribution in [2.75, 3.05) is 27.2 Å². The number of nitrogens with one attached hydrogen (secondary N) is 2. The number of carbonyl (C=O) groups excluding carboxylic acids is 1. The number of halogens is 1. The monoisotopic (exact) mass is 464 g/mol. The van der Waals surface area contributed by atoms with Gasteiger partial charge >= 0.3 is 0 Å². The van der Waals surface area contributed by atoms with Crippen LogP contribution in [0.3, 0.4) is 0 Å². The molecule has 3 aliphatic rings. The molecule has 144 valence electrons. The van der Waals surface area contributed by atoms with Crippen LogP contribution in [-0.4, -0.2) is 61.7 Å². The first kappa shape index (κ1) is 20.7. The Morgan fingerprint density at radius 2 is 1.80 bits per heavy atom. The smallest absolute Gasteiger partial charge is 0.243 e. The van der Waals surface area contributed by atoms with E-state index < -0.39 is 0 Å². The second-order valence-corrected chi connectivity index (χ2v) is 7.80. The van der Waals surface area contributed by atoms with E-state index in [-0.39, 0.29) is 42.0 Å². The van der Waals surface area contributed by atoms with E-state index in [0.29, 0.717) is 12.1 Å². The zero-order chi connectivity index (χ0) is 17.0. The fourth-order valence-corrected chi connectivity index (χ4v) is 3.95. The van der Waals surface area contributed by atoms with Gasteiger partial charge < -0.3 is 20.3 Å². The predicted octanol–water partition coefficient (Wildman–Crippen LogP) is 2.27. The maximum atomic E-state index is 11.9. The number of rotatable bonds is 4. The molecule has 1 unspecified atom stereocenters. The summed E-state index contributed by atoms with van der Waals surface area (Å²) in [4.78, 5) is 18.0. The number of carbonyl (C=O) groups is 1. The average Bonchev–Trinajstić information content (AvgIpc) is 3.04. The van der Waals surface area contributed by atoms with Gasteiger partial charge in [-0.3, -0.25) is 4.79 Å². The van der Waals surface area contributed by atoms with Gasteiger partial charge in [0.05, 0.1) is 5.60 Å². The first-order valence-corrected chi connectivity index (χ1v) is 9.48. The molecule has 3 rings (SSSR count). The first-order valence-electron chi connectivity index (χ1n) is 9.48. The fraction of sp³-hybridized carbons (Fsp3) is 0.889. The van der Waals surface area contributed by atoms with Gasteiger partial charge in [-0.2, -0.15) is 0 Å². The van der Waals surface area contributed by atoms with Gasteiger partial charge in [-0.05, 0) is 44.9 Å². The van der Waals surface area contributed by atoms with Crippen LogP contribution in [0, 0.1) is 0 Å². The SMILES string of the molecule is CN(C)C(=O)CN=C(NC1CCCC1)NC1CCOC2(CCC2)C1.I. The molecule has 2 aliphatic carbocycles. The molecule has 1 aliphatic heterocycles. The highest BCUT2D eigenvalue weighted by Gasteiger charge is 2.42. The van der Waals surface area contributed by atoms with Crippen LogP contribution >= 0.6 is 24.0 Å². The highest BCUT2D eigenvalue weighted by molar-refractivity contribution is 14.0. The van der Waals surface area contributed by atoms with E-state index in [9.17, 15) is 4.79 Å². The van der Waals surface area contributed by atoms with Crippen LogP contribution in [0.2, 0.25) is 0 Å². The lowest BCUT2D eigenvalue weighted by atomic mass is 9.74. The van der Waals surface area contributed by atoms with E-state index in [2.05, 4.69) is 15.6 Å². The van der Waals surface area contributed by atoms with Gasteiger partial charge in [-0.1, -0.05) is 12.8 Å². The lowest BCUT2D eigenvalue weighted by molar-refractivity contribution is -0.134. The third kappa shape index (κ3) is 5.70. The number of guanidine groups is 1. The Bertz CT molecular complexity index is 474. The third-order valence-corrected chi connectivity index (χ3v) is 5.67. The highest BCUT2D eigenvalue weighted by atomic mass is 127. The molecule has 2 N–H and O–H groups in total. The molecule has 25 heavy (non-hydrogen) atoms. The zero-order valence-electron chi connectivity index (χ0n) is 15.6. The fourth-order valence-electron chi connectivity index (χ4n) is 3.95. The summed E-state index contributed by atoms with van der Waals surface area (Å²) >= 11 is 0. The Morgan fingerprint density at radius 1 is 1.12 bits per heavy atom. The number of ether oxygens (including phenoxy) is 1. The molecule has 1 saturated heterocycles. The van der Waals surface area contributed by atoms with E-state index in [0.717, 1.165) is 25.4 Å². The van der Waals surface area contributed by atoms with Crippen LogP contribution in [0.5, 0.6) is 0 Å². The summed E-state index contributed by atoms with van der Waals surface area (Å²) in [6, 6.07) is 0.879. The minimum absolute atomic E-state index is 0. The van der Waals surface area contributed by atoms with Crippen molar-refractivity contribution in [3.8, 4) is 0 Å². The molecular weight excluding hydrogens is 431 g/mol. The summed E-state index contributed by atoms with van der Waals surface area (Å²) in [5, 5.41) is 7.14. The number of aliphatic imine (C=N–C) groups is 1. The Labute approximate surface area is 168 Å². The quantitative estimate of drug-likeness (QED) is 0.381. The Morgan fingerprint density at radius 3 is 2.40 bits per heavy atom. The van der Waals surface area contributed by atoms with Crippen molar-refractivity contribution in [2.24, 2.45) is 4.99 Å². The van der Waals surface area contributed by atoms with Crippen molar-refractivity contribution in [2.45, 2.75) is 75.5 Å². The van der Waals surface area contributed by atoms with E-state index in [1.165, 1.54) is 44.9 Å². The van der Waals surface area contributed by atoms with Crippen LogP contribution in [0.4, 0.5) is 0 Å². The van der Waals surface area contributed by atoms with Crippen molar-refractivity contribution >= 4 is 35.8 Å². The van der Waals surface area contributed by atoms with E-state index in [1.54, 1.807) is 19.0 Å². The minimum Gasteiger partial charge on any atom is -0.375 e. The van der Waals surface area contributed by atoms with Gasteiger partial charge in [0, 0.05) is 32.8 Å². The van der Waals surface area contributed by atoms with Crippen LogP contribution in [0.25, 0.3) is 0 Å². The van der Waals surface area contributed by atoms with E-state index in [1.807, 2.05) is 0 Å². The number of nitrogens with zero attached hydrogens (tertiary/aromatic N) is 2. The molecule has 0 aromatic heterocycles. The predicted molar refractivity (Wildman–Crippen MR) is 110 cm³/mol. The third-order valence-electron chi connectivity index (χ3n) is 5.67. The van der Waals surface area contributed by atoms with Crippen molar-refractivity contribution < 1.29 is 9.53 Å². The summed E-state index contributed by atoms with van der Waals surface area (Å²) in [6.07, 6.45) is 10.7. The number of hydrogen-bond acceptors (Lipinski definition) is 3. The highest BCUT2D eigenvalue weighted by Crippen LogP contribution is 2.42. The second kappa shape index (κ2) is 9.39. The van der Waals surface area contributed by atoms with Gasteiger partial charge in [0.15, 0.2) is 5.96 Å². The summed E-state index contributed by atoms with van der Waals surface area (Å²) in [5.41, 5.74) is 0.119. The Hall–Kier alpha value is -0.570. The van der Waals surface area contributed by atoms with Gasteiger partial charge in [0.1, 0.15) is 6.54 Å². The van der Waals surface area contributed by atoms with Crippen LogP contribution < -0.4 is 10.6 Å².